The molecule has 1 saturated carbocycles. The summed E-state index contributed by atoms with van der Waals surface area (Å²) in [5.74, 6) is -0.680. The third kappa shape index (κ3) is 4.00. The second-order valence-electron chi connectivity index (χ2n) is 7.90. The molecule has 29 heavy (non-hydrogen) atoms. The molecule has 2 aliphatic rings. The van der Waals surface area contributed by atoms with Gasteiger partial charge in [0.25, 0.3) is 0 Å². The van der Waals surface area contributed by atoms with E-state index in [0.717, 1.165) is 12.8 Å². The van der Waals surface area contributed by atoms with Gasteiger partial charge in [0, 0.05) is 18.0 Å². The van der Waals surface area contributed by atoms with Gasteiger partial charge in [-0.2, -0.15) is 26.3 Å². The Morgan fingerprint density at radius 3 is 2.00 bits per heavy atom. The standard InChI is InChI=1S/C20H23F6N3/c1-13(2)12-16-27-18(19(21,22)23,20(24,25)26)28-17(14-8-4-3-5-9-14)29(16)15-10-6-7-11-15/h3-5,8-9,13,15H,6-7,10-12H2,1-2H3. The predicted octanol–water partition coefficient (Wildman–Crippen LogP) is 5.96. The fraction of sp³-hybridized carbons (Fsp3) is 0.600. The van der Waals surface area contributed by atoms with Crippen molar-refractivity contribution in [1.82, 2.24) is 4.90 Å². The molecule has 1 aromatic carbocycles. The van der Waals surface area contributed by atoms with Crippen molar-refractivity contribution in [1.29, 1.82) is 0 Å². The number of amidine groups is 2. The first-order chi connectivity index (χ1) is 13.5. The molecule has 1 aromatic rings. The molecule has 3 nitrogen and oxygen atoms in total. The first-order valence-corrected chi connectivity index (χ1v) is 9.63. The summed E-state index contributed by atoms with van der Waals surface area (Å²) in [6.07, 6.45) is -8.35. The van der Waals surface area contributed by atoms with Gasteiger partial charge in [-0.05, 0) is 18.8 Å². The first-order valence-electron chi connectivity index (χ1n) is 9.63. The third-order valence-corrected chi connectivity index (χ3v) is 5.17. The number of halogens is 6. The molecule has 0 radical (unpaired) electrons. The van der Waals surface area contributed by atoms with Crippen molar-refractivity contribution in [2.75, 3.05) is 0 Å². The van der Waals surface area contributed by atoms with E-state index in [1.165, 1.54) is 17.0 Å². The summed E-state index contributed by atoms with van der Waals surface area (Å²) in [6, 6.07) is 7.54. The number of hydrogen-bond acceptors (Lipinski definition) is 3. The highest BCUT2D eigenvalue weighted by Gasteiger charge is 2.74. The van der Waals surface area contributed by atoms with Crippen LogP contribution in [0.5, 0.6) is 0 Å². The van der Waals surface area contributed by atoms with Crippen molar-refractivity contribution in [3.05, 3.63) is 35.9 Å². The monoisotopic (exact) mass is 419 g/mol. The average Bonchev–Trinajstić information content (AvgIpc) is 3.13. The zero-order valence-electron chi connectivity index (χ0n) is 16.2. The third-order valence-electron chi connectivity index (χ3n) is 5.17. The lowest BCUT2D eigenvalue weighted by Crippen LogP contribution is -2.60. The molecule has 1 heterocycles. The maximum atomic E-state index is 13.8. The SMILES string of the molecule is CC(C)CC1=NC(C(F)(F)F)(C(F)(F)F)N=C(c2ccccc2)N1C1CCCC1. The van der Waals surface area contributed by atoms with E-state index in [4.69, 9.17) is 0 Å². The van der Waals surface area contributed by atoms with Crippen LogP contribution < -0.4 is 0 Å². The van der Waals surface area contributed by atoms with E-state index in [1.54, 1.807) is 32.0 Å². The van der Waals surface area contributed by atoms with E-state index in [-0.39, 0.29) is 35.6 Å². The van der Waals surface area contributed by atoms with E-state index in [0.29, 0.717) is 12.8 Å². The van der Waals surface area contributed by atoms with Gasteiger partial charge in [0.2, 0.25) is 0 Å². The van der Waals surface area contributed by atoms with Gasteiger partial charge < -0.3 is 4.90 Å². The molecule has 1 fully saturated rings. The molecule has 0 aromatic heterocycles. The lowest BCUT2D eigenvalue weighted by molar-refractivity contribution is -0.293. The largest absolute Gasteiger partial charge is 0.443 e. The zero-order chi connectivity index (χ0) is 21.4. The van der Waals surface area contributed by atoms with Gasteiger partial charge in [-0.25, -0.2) is 9.98 Å². The Labute approximate surface area is 165 Å². The Kier molecular flexibility index (Phi) is 5.71. The normalized spacial score (nSPS) is 20.8. The number of benzene rings is 1. The highest BCUT2D eigenvalue weighted by atomic mass is 19.4. The molecule has 0 atom stereocenters. The fourth-order valence-corrected chi connectivity index (χ4v) is 3.86. The van der Waals surface area contributed by atoms with Crippen LogP contribution in [-0.4, -0.2) is 40.6 Å². The van der Waals surface area contributed by atoms with Crippen LogP contribution in [0.3, 0.4) is 0 Å². The Hall–Kier alpha value is -2.06. The van der Waals surface area contributed by atoms with E-state index >= 15 is 0 Å². The van der Waals surface area contributed by atoms with Crippen molar-refractivity contribution in [2.45, 2.75) is 70.0 Å². The van der Waals surface area contributed by atoms with Gasteiger partial charge in [0.15, 0.2) is 0 Å². The molecule has 0 saturated heterocycles. The summed E-state index contributed by atoms with van der Waals surface area (Å²) in [5, 5.41) is 0. The van der Waals surface area contributed by atoms with Crippen LogP contribution in [0.15, 0.2) is 40.3 Å². The van der Waals surface area contributed by atoms with Crippen molar-refractivity contribution >= 4 is 11.7 Å². The summed E-state index contributed by atoms with van der Waals surface area (Å²) in [4.78, 5) is 8.14. The second kappa shape index (κ2) is 7.65. The van der Waals surface area contributed by atoms with Gasteiger partial charge in [0.05, 0.1) is 0 Å². The van der Waals surface area contributed by atoms with E-state index in [1.807, 2.05) is 0 Å². The summed E-state index contributed by atoms with van der Waals surface area (Å²) in [6.45, 7) is 3.48. The van der Waals surface area contributed by atoms with Crippen LogP contribution in [0.1, 0.15) is 51.5 Å². The number of hydrogen-bond donors (Lipinski definition) is 0. The van der Waals surface area contributed by atoms with Crippen LogP contribution in [0.4, 0.5) is 26.3 Å². The minimum Gasteiger partial charge on any atom is -0.311 e. The summed E-state index contributed by atoms with van der Waals surface area (Å²) < 4.78 is 83.1. The van der Waals surface area contributed by atoms with E-state index in [9.17, 15) is 26.3 Å². The fourth-order valence-electron chi connectivity index (χ4n) is 3.86. The Morgan fingerprint density at radius 1 is 0.966 bits per heavy atom. The van der Waals surface area contributed by atoms with Crippen molar-refractivity contribution in [2.24, 2.45) is 15.9 Å². The quantitative estimate of drug-likeness (QED) is 0.554. The molecule has 0 amide bonds. The zero-order valence-corrected chi connectivity index (χ0v) is 16.2. The molecule has 0 N–H and O–H groups in total. The molecule has 0 spiro atoms. The van der Waals surface area contributed by atoms with E-state index < -0.39 is 18.0 Å². The Morgan fingerprint density at radius 2 is 1.52 bits per heavy atom. The van der Waals surface area contributed by atoms with Crippen LogP contribution in [0.2, 0.25) is 0 Å². The van der Waals surface area contributed by atoms with Gasteiger partial charge in [-0.3, -0.25) is 0 Å². The highest BCUT2D eigenvalue weighted by molar-refractivity contribution is 6.11. The predicted molar refractivity (Wildman–Crippen MR) is 98.8 cm³/mol. The van der Waals surface area contributed by atoms with Crippen LogP contribution in [0.25, 0.3) is 0 Å². The van der Waals surface area contributed by atoms with Crippen molar-refractivity contribution < 1.29 is 26.3 Å². The molecular weight excluding hydrogens is 396 g/mol. The molecule has 160 valence electrons. The number of aliphatic imine (C=N–C) groups is 2. The second-order valence-corrected chi connectivity index (χ2v) is 7.90. The molecule has 0 unspecified atom stereocenters. The molecule has 3 rings (SSSR count). The summed E-state index contributed by atoms with van der Waals surface area (Å²) in [7, 11) is 0. The van der Waals surface area contributed by atoms with Crippen LogP contribution >= 0.6 is 0 Å². The van der Waals surface area contributed by atoms with Crippen molar-refractivity contribution in [3.8, 4) is 0 Å². The minimum absolute atomic E-state index is 0.00371. The maximum absolute atomic E-state index is 13.8. The molecule has 9 heteroatoms. The molecule has 0 bridgehead atoms. The molecule has 1 aliphatic heterocycles. The number of alkyl halides is 6. The summed E-state index contributed by atoms with van der Waals surface area (Å²) >= 11 is 0. The Bertz CT molecular complexity index is 760. The van der Waals surface area contributed by atoms with Gasteiger partial charge in [0.1, 0.15) is 11.7 Å². The average molecular weight is 419 g/mol. The van der Waals surface area contributed by atoms with Gasteiger partial charge >= 0.3 is 18.0 Å². The number of nitrogens with zero attached hydrogens (tertiary/aromatic N) is 3. The molecule has 1 aliphatic carbocycles. The topological polar surface area (TPSA) is 28.0 Å². The van der Waals surface area contributed by atoms with Crippen molar-refractivity contribution in [3.63, 3.8) is 0 Å². The number of rotatable bonds is 4. The first kappa shape index (κ1) is 21.6. The van der Waals surface area contributed by atoms with Crippen LogP contribution in [0, 0.1) is 5.92 Å². The minimum atomic E-state index is -5.71. The lowest BCUT2D eigenvalue weighted by atomic mass is 10.0. The van der Waals surface area contributed by atoms with Crippen LogP contribution in [-0.2, 0) is 0 Å². The van der Waals surface area contributed by atoms with Gasteiger partial charge in [-0.15, -0.1) is 0 Å². The summed E-state index contributed by atoms with van der Waals surface area (Å²) in [5.41, 5.74) is -4.28. The smallest absolute Gasteiger partial charge is 0.311 e. The molecular formula is C20H23F6N3. The van der Waals surface area contributed by atoms with E-state index in [2.05, 4.69) is 9.98 Å². The Balaban J connectivity index is 2.28. The van der Waals surface area contributed by atoms with Gasteiger partial charge in [-0.1, -0.05) is 57.0 Å². The maximum Gasteiger partial charge on any atom is 0.443 e. The highest BCUT2D eigenvalue weighted by Crippen LogP contribution is 2.49. The lowest BCUT2D eigenvalue weighted by Gasteiger charge is -2.42.